The predicted octanol–water partition coefficient (Wildman–Crippen LogP) is 4.28. The second-order valence-corrected chi connectivity index (χ2v) is 7.02. The molecule has 2 heterocycles. The zero-order valence-electron chi connectivity index (χ0n) is 12.0. The van der Waals surface area contributed by atoms with E-state index in [9.17, 15) is 0 Å². The van der Waals surface area contributed by atoms with Gasteiger partial charge in [0, 0.05) is 27.1 Å². The van der Waals surface area contributed by atoms with Crippen LogP contribution in [-0.2, 0) is 0 Å². The fraction of sp³-hybridized carbons (Fsp3) is 0.500. The smallest absolute Gasteiger partial charge is 0.229 e. The molecule has 0 saturated heterocycles. The highest BCUT2D eigenvalue weighted by molar-refractivity contribution is 9.11. The van der Waals surface area contributed by atoms with Crippen LogP contribution in [-0.4, -0.2) is 21.2 Å². The average Bonchev–Trinajstić information content (AvgIpc) is 2.87. The summed E-state index contributed by atoms with van der Waals surface area (Å²) in [6.45, 7) is 4.11. The Morgan fingerprint density at radius 3 is 2.71 bits per heavy atom. The molecule has 0 aliphatic carbocycles. The number of rotatable bonds is 6. The molecule has 2 N–H and O–H groups in total. The molecule has 2 atom stereocenters. The van der Waals surface area contributed by atoms with Gasteiger partial charge in [0.2, 0.25) is 11.7 Å². The highest BCUT2D eigenvalue weighted by Gasteiger charge is 2.17. The van der Waals surface area contributed by atoms with Gasteiger partial charge in [-0.3, -0.25) is 4.98 Å². The fourth-order valence-electron chi connectivity index (χ4n) is 1.98. The van der Waals surface area contributed by atoms with Crippen LogP contribution >= 0.6 is 31.9 Å². The lowest BCUT2D eigenvalue weighted by Crippen LogP contribution is -2.14. The lowest BCUT2D eigenvalue weighted by molar-refractivity contribution is 0.349. The van der Waals surface area contributed by atoms with Gasteiger partial charge in [-0.2, -0.15) is 4.98 Å². The lowest BCUT2D eigenvalue weighted by atomic mass is 10.0. The van der Waals surface area contributed by atoms with Crippen LogP contribution in [0.1, 0.15) is 44.9 Å². The van der Waals surface area contributed by atoms with Crippen molar-refractivity contribution in [2.45, 2.75) is 45.1 Å². The third-order valence-corrected chi connectivity index (χ3v) is 4.22. The standard InChI is InChI=1S/C14H18Br2N4O/c1-8(4-3-5-9(2)17)14-19-13(20-21-14)12-11(16)6-10(15)7-18-12/h6-9H,3-5,17H2,1-2H3. The zero-order chi connectivity index (χ0) is 15.4. The van der Waals surface area contributed by atoms with E-state index in [4.69, 9.17) is 10.3 Å². The molecule has 2 unspecified atom stereocenters. The maximum Gasteiger partial charge on any atom is 0.229 e. The first-order valence-electron chi connectivity index (χ1n) is 6.88. The van der Waals surface area contributed by atoms with E-state index in [2.05, 4.69) is 53.9 Å². The molecule has 21 heavy (non-hydrogen) atoms. The van der Waals surface area contributed by atoms with Gasteiger partial charge >= 0.3 is 0 Å². The van der Waals surface area contributed by atoms with Crippen LogP contribution in [0, 0.1) is 0 Å². The summed E-state index contributed by atoms with van der Waals surface area (Å²) >= 11 is 6.83. The Bertz CT molecular complexity index is 600. The molecule has 0 spiro atoms. The van der Waals surface area contributed by atoms with Crippen LogP contribution in [0.15, 0.2) is 25.7 Å². The molecule has 0 aromatic carbocycles. The van der Waals surface area contributed by atoms with Gasteiger partial charge in [-0.25, -0.2) is 0 Å². The first kappa shape index (κ1) is 16.6. The molecule has 0 fully saturated rings. The van der Waals surface area contributed by atoms with Gasteiger partial charge in [-0.1, -0.05) is 18.5 Å². The van der Waals surface area contributed by atoms with E-state index >= 15 is 0 Å². The number of hydrogen-bond acceptors (Lipinski definition) is 5. The second-order valence-electron chi connectivity index (χ2n) is 5.25. The van der Waals surface area contributed by atoms with Gasteiger partial charge in [0.15, 0.2) is 0 Å². The molecule has 0 saturated carbocycles. The summed E-state index contributed by atoms with van der Waals surface area (Å²) in [6, 6.07) is 2.14. The lowest BCUT2D eigenvalue weighted by Gasteiger charge is -2.07. The summed E-state index contributed by atoms with van der Waals surface area (Å²) in [4.78, 5) is 8.76. The highest BCUT2D eigenvalue weighted by Crippen LogP contribution is 2.28. The van der Waals surface area contributed by atoms with Crippen molar-refractivity contribution >= 4 is 31.9 Å². The Labute approximate surface area is 141 Å². The number of pyridine rings is 1. The molecule has 0 amide bonds. The molecule has 114 valence electrons. The number of halogens is 2. The molecule has 2 rings (SSSR count). The molecule has 0 aliphatic rings. The van der Waals surface area contributed by atoms with Crippen LogP contribution in [0.3, 0.4) is 0 Å². The Morgan fingerprint density at radius 1 is 1.29 bits per heavy atom. The molecule has 0 aliphatic heterocycles. The van der Waals surface area contributed by atoms with Gasteiger partial charge < -0.3 is 10.3 Å². The maximum absolute atomic E-state index is 5.76. The van der Waals surface area contributed by atoms with Gasteiger partial charge in [0.25, 0.3) is 0 Å². The topological polar surface area (TPSA) is 77.8 Å². The van der Waals surface area contributed by atoms with Crippen molar-refractivity contribution in [3.8, 4) is 11.5 Å². The van der Waals surface area contributed by atoms with Crippen molar-refractivity contribution in [1.29, 1.82) is 0 Å². The molecular formula is C14H18Br2N4O. The third-order valence-electron chi connectivity index (χ3n) is 3.18. The molecule has 2 aromatic rings. The van der Waals surface area contributed by atoms with E-state index in [1.807, 2.05) is 13.0 Å². The summed E-state index contributed by atoms with van der Waals surface area (Å²) in [7, 11) is 0. The fourth-order valence-corrected chi connectivity index (χ4v) is 3.14. The van der Waals surface area contributed by atoms with Crippen LogP contribution in [0.25, 0.3) is 11.5 Å². The third kappa shape index (κ3) is 4.59. The quantitative estimate of drug-likeness (QED) is 0.758. The molecule has 2 aromatic heterocycles. The normalized spacial score (nSPS) is 14.1. The molecule has 5 nitrogen and oxygen atoms in total. The summed E-state index contributed by atoms with van der Waals surface area (Å²) in [5.41, 5.74) is 6.43. The van der Waals surface area contributed by atoms with Crippen molar-refractivity contribution < 1.29 is 4.52 Å². The van der Waals surface area contributed by atoms with Crippen molar-refractivity contribution in [2.75, 3.05) is 0 Å². The largest absolute Gasteiger partial charge is 0.339 e. The number of aromatic nitrogens is 3. The van der Waals surface area contributed by atoms with Gasteiger partial charge in [0.05, 0.1) is 0 Å². The van der Waals surface area contributed by atoms with E-state index in [0.29, 0.717) is 17.4 Å². The molecule has 0 bridgehead atoms. The summed E-state index contributed by atoms with van der Waals surface area (Å²) in [5, 5.41) is 4.02. The van der Waals surface area contributed by atoms with E-state index in [1.54, 1.807) is 6.20 Å². The zero-order valence-corrected chi connectivity index (χ0v) is 15.2. The minimum absolute atomic E-state index is 0.222. The molecular weight excluding hydrogens is 400 g/mol. The van der Waals surface area contributed by atoms with Gasteiger partial charge in [0.1, 0.15) is 5.69 Å². The van der Waals surface area contributed by atoms with Crippen LogP contribution in [0.4, 0.5) is 0 Å². The first-order valence-corrected chi connectivity index (χ1v) is 8.46. The Morgan fingerprint density at radius 2 is 2.05 bits per heavy atom. The van der Waals surface area contributed by atoms with Crippen LogP contribution < -0.4 is 5.73 Å². The maximum atomic E-state index is 5.76. The SMILES string of the molecule is CC(N)CCCC(C)c1nc(-c2ncc(Br)cc2Br)no1. The number of hydrogen-bond donors (Lipinski definition) is 1. The van der Waals surface area contributed by atoms with Crippen molar-refractivity contribution in [2.24, 2.45) is 5.73 Å². The Kier molecular flexibility index (Phi) is 5.89. The Balaban J connectivity index is 2.07. The van der Waals surface area contributed by atoms with Crippen molar-refractivity contribution in [3.63, 3.8) is 0 Å². The molecule has 0 radical (unpaired) electrons. The predicted molar refractivity (Wildman–Crippen MR) is 88.8 cm³/mol. The minimum Gasteiger partial charge on any atom is -0.339 e. The van der Waals surface area contributed by atoms with Crippen molar-refractivity contribution in [1.82, 2.24) is 15.1 Å². The van der Waals surface area contributed by atoms with E-state index in [-0.39, 0.29) is 12.0 Å². The van der Waals surface area contributed by atoms with E-state index in [0.717, 1.165) is 28.2 Å². The first-order chi connectivity index (χ1) is 9.97. The van der Waals surface area contributed by atoms with Crippen LogP contribution in [0.5, 0.6) is 0 Å². The number of nitrogens with two attached hydrogens (primary N) is 1. The minimum atomic E-state index is 0.222. The van der Waals surface area contributed by atoms with Crippen LogP contribution in [0.2, 0.25) is 0 Å². The number of nitrogens with zero attached hydrogens (tertiary/aromatic N) is 3. The average molecular weight is 418 g/mol. The highest BCUT2D eigenvalue weighted by atomic mass is 79.9. The Hall–Kier alpha value is -0.790. The van der Waals surface area contributed by atoms with E-state index in [1.165, 1.54) is 0 Å². The monoisotopic (exact) mass is 416 g/mol. The van der Waals surface area contributed by atoms with Gasteiger partial charge in [-0.15, -0.1) is 0 Å². The van der Waals surface area contributed by atoms with E-state index < -0.39 is 0 Å². The summed E-state index contributed by atoms with van der Waals surface area (Å²) in [5.74, 6) is 1.37. The summed E-state index contributed by atoms with van der Waals surface area (Å²) in [6.07, 6.45) is 4.75. The summed E-state index contributed by atoms with van der Waals surface area (Å²) < 4.78 is 7.08. The van der Waals surface area contributed by atoms with Crippen molar-refractivity contribution in [3.05, 3.63) is 27.1 Å². The second kappa shape index (κ2) is 7.47. The van der Waals surface area contributed by atoms with Gasteiger partial charge in [-0.05, 0) is 57.7 Å². The molecule has 7 heteroatoms.